The first kappa shape index (κ1) is 12.4. The molecule has 2 N–H and O–H groups in total. The normalized spacial score (nSPS) is 39.0. The van der Waals surface area contributed by atoms with E-state index in [4.69, 9.17) is 18.0 Å². The summed E-state index contributed by atoms with van der Waals surface area (Å²) in [4.78, 5) is 15.2. The molecule has 18 heavy (non-hydrogen) atoms. The molecule has 3 nitrogen and oxygen atoms in total. The lowest BCUT2D eigenvalue weighted by atomic mass is 9.86. The quantitative estimate of drug-likeness (QED) is 0.777. The van der Waals surface area contributed by atoms with Crippen LogP contribution in [0.15, 0.2) is 0 Å². The van der Waals surface area contributed by atoms with Gasteiger partial charge in [0.1, 0.15) is 0 Å². The molecule has 4 atom stereocenters. The van der Waals surface area contributed by atoms with Gasteiger partial charge in [-0.15, -0.1) is 0 Å². The van der Waals surface area contributed by atoms with Gasteiger partial charge in [0.25, 0.3) is 0 Å². The molecule has 0 spiro atoms. The maximum Gasteiger partial charge on any atom is 0.225 e. The van der Waals surface area contributed by atoms with E-state index in [2.05, 4.69) is 0 Å². The van der Waals surface area contributed by atoms with Gasteiger partial charge in [-0.05, 0) is 43.9 Å². The number of hydrogen-bond acceptors (Lipinski definition) is 2. The average molecular weight is 266 g/mol. The molecule has 0 aromatic carbocycles. The second-order valence-corrected chi connectivity index (χ2v) is 6.78. The van der Waals surface area contributed by atoms with Crippen LogP contribution in [-0.4, -0.2) is 28.9 Å². The van der Waals surface area contributed by atoms with E-state index in [9.17, 15) is 4.79 Å². The van der Waals surface area contributed by atoms with Gasteiger partial charge < -0.3 is 10.6 Å². The lowest BCUT2D eigenvalue weighted by molar-refractivity contribution is -0.138. The maximum atomic E-state index is 12.6. The van der Waals surface area contributed by atoms with Gasteiger partial charge in [-0.3, -0.25) is 4.79 Å². The van der Waals surface area contributed by atoms with Crippen molar-refractivity contribution in [1.82, 2.24) is 4.90 Å². The Kier molecular flexibility index (Phi) is 3.31. The molecule has 4 unspecified atom stereocenters. The number of fused-ring (bicyclic) bond motifs is 2. The molecule has 2 aliphatic carbocycles. The minimum absolute atomic E-state index is 0.247. The molecular formula is C14H22N2OS. The Hall–Kier alpha value is -0.640. The predicted molar refractivity (Wildman–Crippen MR) is 75.0 cm³/mol. The summed E-state index contributed by atoms with van der Waals surface area (Å²) in [6.07, 6.45) is 7.16. The van der Waals surface area contributed by atoms with Crippen LogP contribution in [0.25, 0.3) is 0 Å². The zero-order valence-corrected chi connectivity index (χ0v) is 11.6. The average Bonchev–Trinajstić information content (AvgIpc) is 3.00. The lowest BCUT2D eigenvalue weighted by Gasteiger charge is -2.35. The number of carbonyl (C=O) groups is 1. The number of nitrogens with zero attached hydrogens (tertiary/aromatic N) is 1. The van der Waals surface area contributed by atoms with Gasteiger partial charge in [-0.2, -0.15) is 0 Å². The number of hydrogen-bond donors (Lipinski definition) is 1. The highest BCUT2D eigenvalue weighted by molar-refractivity contribution is 7.80. The van der Waals surface area contributed by atoms with E-state index >= 15 is 0 Å². The first-order valence-electron chi connectivity index (χ1n) is 7.23. The molecule has 2 saturated carbocycles. The Bertz CT molecular complexity index is 371. The zero-order valence-electron chi connectivity index (χ0n) is 10.8. The Morgan fingerprint density at radius 2 is 2.06 bits per heavy atom. The third-order valence-corrected chi connectivity index (χ3v) is 5.52. The SMILES string of the molecule is NC(=S)C1CCCN(C(=O)C2CC3CCC2C3)C1. The number of rotatable bonds is 2. The molecule has 1 saturated heterocycles. The Morgan fingerprint density at radius 1 is 1.22 bits per heavy atom. The monoisotopic (exact) mass is 266 g/mol. The van der Waals surface area contributed by atoms with Gasteiger partial charge in [-0.1, -0.05) is 18.6 Å². The van der Waals surface area contributed by atoms with Crippen molar-refractivity contribution in [3.8, 4) is 0 Å². The van der Waals surface area contributed by atoms with Crippen molar-refractivity contribution in [3.63, 3.8) is 0 Å². The number of likely N-dealkylation sites (tertiary alicyclic amines) is 1. The van der Waals surface area contributed by atoms with Crippen LogP contribution < -0.4 is 5.73 Å². The van der Waals surface area contributed by atoms with Crippen LogP contribution in [0.5, 0.6) is 0 Å². The summed E-state index contributed by atoms with van der Waals surface area (Å²) in [6.45, 7) is 1.67. The molecule has 3 rings (SSSR count). The topological polar surface area (TPSA) is 46.3 Å². The first-order chi connectivity index (χ1) is 8.65. The fraction of sp³-hybridized carbons (Fsp3) is 0.857. The van der Waals surface area contributed by atoms with E-state index < -0.39 is 0 Å². The van der Waals surface area contributed by atoms with Crippen molar-refractivity contribution in [1.29, 1.82) is 0 Å². The highest BCUT2D eigenvalue weighted by Crippen LogP contribution is 2.49. The number of thiocarbonyl (C=S) groups is 1. The molecule has 0 radical (unpaired) electrons. The first-order valence-corrected chi connectivity index (χ1v) is 7.64. The third kappa shape index (κ3) is 2.15. The van der Waals surface area contributed by atoms with Gasteiger partial charge in [0.15, 0.2) is 0 Å². The van der Waals surface area contributed by atoms with Gasteiger partial charge in [-0.25, -0.2) is 0 Å². The van der Waals surface area contributed by atoms with Crippen molar-refractivity contribution < 1.29 is 4.79 Å². The van der Waals surface area contributed by atoms with Crippen molar-refractivity contribution in [3.05, 3.63) is 0 Å². The molecule has 3 aliphatic rings. The minimum atomic E-state index is 0.247. The molecule has 1 amide bonds. The summed E-state index contributed by atoms with van der Waals surface area (Å²) in [5.41, 5.74) is 5.74. The molecule has 1 aliphatic heterocycles. The van der Waals surface area contributed by atoms with Crippen LogP contribution >= 0.6 is 12.2 Å². The van der Waals surface area contributed by atoms with Crippen LogP contribution in [0.4, 0.5) is 0 Å². The molecular weight excluding hydrogens is 244 g/mol. The summed E-state index contributed by atoms with van der Waals surface area (Å²) in [7, 11) is 0. The van der Waals surface area contributed by atoms with Gasteiger partial charge in [0.2, 0.25) is 5.91 Å². The van der Waals surface area contributed by atoms with Crippen molar-refractivity contribution in [2.24, 2.45) is 29.4 Å². The van der Waals surface area contributed by atoms with Crippen molar-refractivity contribution >= 4 is 23.1 Å². The van der Waals surface area contributed by atoms with E-state index in [0.717, 1.165) is 38.3 Å². The fourth-order valence-corrected chi connectivity index (χ4v) is 4.38. The van der Waals surface area contributed by atoms with Crippen molar-refractivity contribution in [2.75, 3.05) is 13.1 Å². The summed E-state index contributed by atoms with van der Waals surface area (Å²) < 4.78 is 0. The summed E-state index contributed by atoms with van der Waals surface area (Å²) in [6, 6.07) is 0. The largest absolute Gasteiger partial charge is 0.393 e. The molecule has 0 aromatic rings. The van der Waals surface area contributed by atoms with Gasteiger partial charge in [0.05, 0.1) is 4.99 Å². The minimum Gasteiger partial charge on any atom is -0.393 e. The van der Waals surface area contributed by atoms with E-state index in [1.54, 1.807) is 0 Å². The number of nitrogens with two attached hydrogens (primary N) is 1. The van der Waals surface area contributed by atoms with E-state index in [0.29, 0.717) is 22.7 Å². The molecule has 100 valence electrons. The molecule has 4 heteroatoms. The Labute approximate surface area is 114 Å². The molecule has 0 aromatic heterocycles. The highest BCUT2D eigenvalue weighted by atomic mass is 32.1. The number of piperidine rings is 1. The Balaban J connectivity index is 1.64. The lowest BCUT2D eigenvalue weighted by Crippen LogP contribution is -2.46. The molecule has 2 bridgehead atoms. The van der Waals surface area contributed by atoms with E-state index in [1.807, 2.05) is 4.90 Å². The van der Waals surface area contributed by atoms with Crippen LogP contribution in [0.1, 0.15) is 38.5 Å². The summed E-state index contributed by atoms with van der Waals surface area (Å²) in [5.74, 6) is 2.46. The second kappa shape index (κ2) is 4.80. The van der Waals surface area contributed by atoms with Gasteiger partial charge >= 0.3 is 0 Å². The van der Waals surface area contributed by atoms with Crippen LogP contribution in [0.3, 0.4) is 0 Å². The van der Waals surface area contributed by atoms with E-state index in [1.165, 1.54) is 19.3 Å². The molecule has 3 fully saturated rings. The van der Waals surface area contributed by atoms with E-state index in [-0.39, 0.29) is 5.92 Å². The number of amides is 1. The third-order valence-electron chi connectivity index (χ3n) is 5.19. The van der Waals surface area contributed by atoms with Crippen LogP contribution in [-0.2, 0) is 4.79 Å². The van der Waals surface area contributed by atoms with Crippen molar-refractivity contribution in [2.45, 2.75) is 38.5 Å². The Morgan fingerprint density at radius 3 is 2.67 bits per heavy atom. The summed E-state index contributed by atoms with van der Waals surface area (Å²) >= 11 is 5.08. The number of carbonyl (C=O) groups excluding carboxylic acids is 1. The smallest absolute Gasteiger partial charge is 0.225 e. The second-order valence-electron chi connectivity index (χ2n) is 6.31. The fourth-order valence-electron chi connectivity index (χ4n) is 4.19. The molecule has 1 heterocycles. The standard InChI is InChI=1S/C14H22N2OS/c15-13(18)11-2-1-5-16(8-11)14(17)12-7-9-3-4-10(12)6-9/h9-12H,1-8H2,(H2,15,18). The zero-order chi connectivity index (χ0) is 12.7. The van der Waals surface area contributed by atoms with Gasteiger partial charge in [0, 0.05) is 24.9 Å². The van der Waals surface area contributed by atoms with Crippen LogP contribution in [0, 0.1) is 23.7 Å². The predicted octanol–water partition coefficient (Wildman–Crippen LogP) is 1.95. The summed E-state index contributed by atoms with van der Waals surface area (Å²) in [5, 5.41) is 0. The highest BCUT2D eigenvalue weighted by Gasteiger charge is 2.44. The van der Waals surface area contributed by atoms with Crippen LogP contribution in [0.2, 0.25) is 0 Å². The maximum absolute atomic E-state index is 12.6.